The van der Waals surface area contributed by atoms with E-state index in [1.807, 2.05) is 6.92 Å². The number of nitrogens with one attached hydrogen (secondary N) is 2. The predicted octanol–water partition coefficient (Wildman–Crippen LogP) is 0.942. The van der Waals surface area contributed by atoms with Crippen LogP contribution in [0.3, 0.4) is 0 Å². The van der Waals surface area contributed by atoms with Crippen molar-refractivity contribution >= 4 is 17.5 Å². The Hall–Kier alpha value is -3.21. The summed E-state index contributed by atoms with van der Waals surface area (Å²) in [5, 5.41) is 17.9. The maximum atomic E-state index is 13.7. The van der Waals surface area contributed by atoms with Crippen LogP contribution in [0.15, 0.2) is 28.5 Å². The van der Waals surface area contributed by atoms with Crippen LogP contribution in [-0.4, -0.2) is 78.5 Å². The zero-order chi connectivity index (χ0) is 27.6. The van der Waals surface area contributed by atoms with Gasteiger partial charge >= 0.3 is 0 Å². The summed E-state index contributed by atoms with van der Waals surface area (Å²) in [7, 11) is 2.92. The number of aromatic hydroxyl groups is 1. The van der Waals surface area contributed by atoms with Gasteiger partial charge < -0.3 is 30.9 Å². The fourth-order valence-corrected chi connectivity index (χ4v) is 6.89. The third kappa shape index (κ3) is 3.77. The first-order valence-electron chi connectivity index (χ1n) is 13.0. The van der Waals surface area contributed by atoms with Crippen LogP contribution in [0.25, 0.3) is 0 Å². The van der Waals surface area contributed by atoms with Gasteiger partial charge in [-0.25, -0.2) is 0 Å². The quantitative estimate of drug-likeness (QED) is 0.414. The highest BCUT2D eigenvalue weighted by molar-refractivity contribution is 6.25. The molecule has 1 saturated heterocycles. The Morgan fingerprint density at radius 3 is 2.58 bits per heavy atom. The van der Waals surface area contributed by atoms with Crippen molar-refractivity contribution in [2.24, 2.45) is 5.73 Å². The van der Waals surface area contributed by atoms with E-state index >= 15 is 0 Å². The van der Waals surface area contributed by atoms with Crippen LogP contribution in [0.2, 0.25) is 0 Å². The molecule has 0 saturated carbocycles. The number of phenolic OH excluding ortho intramolecular Hbond substituents is 1. The number of ketones is 2. The number of ether oxygens (including phenoxy) is 2. The predicted molar refractivity (Wildman–Crippen MR) is 140 cm³/mol. The summed E-state index contributed by atoms with van der Waals surface area (Å²) >= 11 is 0. The van der Waals surface area contributed by atoms with E-state index in [1.54, 1.807) is 13.8 Å². The van der Waals surface area contributed by atoms with Gasteiger partial charge in [0.2, 0.25) is 11.7 Å². The monoisotopic (exact) mass is 524 g/mol. The second-order valence-electron chi connectivity index (χ2n) is 10.8. The second-order valence-corrected chi connectivity index (χ2v) is 10.8. The van der Waals surface area contributed by atoms with E-state index in [1.165, 1.54) is 14.2 Å². The minimum absolute atomic E-state index is 0.0262. The van der Waals surface area contributed by atoms with Gasteiger partial charge in [0.25, 0.3) is 0 Å². The molecule has 1 aliphatic carbocycles. The number of piperazine rings is 1. The second kappa shape index (κ2) is 9.52. The van der Waals surface area contributed by atoms with Crippen molar-refractivity contribution in [1.82, 2.24) is 15.5 Å². The first-order valence-corrected chi connectivity index (χ1v) is 13.0. The summed E-state index contributed by atoms with van der Waals surface area (Å²) in [4.78, 5) is 42.0. The van der Waals surface area contributed by atoms with Gasteiger partial charge in [-0.15, -0.1) is 0 Å². The SMILES string of the molecule is COC1=C(C)C(=O)C2=C(C1=O)C(CNC(=O)C(C)N)N1C(C)C3Cc4cc(C)c(OC)c(O)c4C(N3)C1C2. The molecular formula is C28H36N4O6. The Balaban J connectivity index is 1.66. The first-order chi connectivity index (χ1) is 18.0. The Kier molecular flexibility index (Phi) is 6.61. The summed E-state index contributed by atoms with van der Waals surface area (Å²) < 4.78 is 10.9. The number of carbonyl (C=O) groups is 3. The Labute approximate surface area is 222 Å². The zero-order valence-corrected chi connectivity index (χ0v) is 22.7. The van der Waals surface area contributed by atoms with Crippen molar-refractivity contribution in [2.45, 2.75) is 76.8 Å². The summed E-state index contributed by atoms with van der Waals surface area (Å²) in [6.45, 7) is 7.33. The lowest BCUT2D eigenvalue weighted by atomic mass is 9.70. The molecule has 6 unspecified atom stereocenters. The van der Waals surface area contributed by atoms with Crippen LogP contribution < -0.4 is 21.1 Å². The van der Waals surface area contributed by atoms with Gasteiger partial charge in [0.05, 0.1) is 32.3 Å². The smallest absolute Gasteiger partial charge is 0.236 e. The van der Waals surface area contributed by atoms with Crippen molar-refractivity contribution < 1.29 is 29.0 Å². The van der Waals surface area contributed by atoms with Crippen molar-refractivity contribution in [3.8, 4) is 11.5 Å². The van der Waals surface area contributed by atoms with Crippen LogP contribution in [0, 0.1) is 6.92 Å². The average Bonchev–Trinajstić information content (AvgIpc) is 2.88. The number of rotatable bonds is 5. The largest absolute Gasteiger partial charge is 0.504 e. The molecule has 5 rings (SSSR count). The molecule has 3 aliphatic heterocycles. The number of methoxy groups -OCH3 is 2. The Bertz CT molecular complexity index is 1300. The van der Waals surface area contributed by atoms with Crippen molar-refractivity contribution in [2.75, 3.05) is 20.8 Å². The highest BCUT2D eigenvalue weighted by atomic mass is 16.5. The lowest BCUT2D eigenvalue weighted by Crippen LogP contribution is -2.70. The molecule has 5 N–H and O–H groups in total. The van der Waals surface area contributed by atoms with Gasteiger partial charge in [-0.1, -0.05) is 6.07 Å². The molecule has 4 aliphatic rings. The molecule has 2 bridgehead atoms. The molecule has 0 radical (unpaired) electrons. The van der Waals surface area contributed by atoms with Gasteiger partial charge in [0, 0.05) is 47.0 Å². The van der Waals surface area contributed by atoms with E-state index in [0.717, 1.165) is 16.7 Å². The van der Waals surface area contributed by atoms with E-state index in [4.69, 9.17) is 15.2 Å². The molecule has 204 valence electrons. The number of phenols is 1. The van der Waals surface area contributed by atoms with E-state index in [2.05, 4.69) is 28.5 Å². The zero-order valence-electron chi connectivity index (χ0n) is 22.7. The molecule has 1 aromatic carbocycles. The maximum Gasteiger partial charge on any atom is 0.236 e. The van der Waals surface area contributed by atoms with Crippen molar-refractivity contribution in [1.29, 1.82) is 0 Å². The van der Waals surface area contributed by atoms with E-state index in [0.29, 0.717) is 29.7 Å². The van der Waals surface area contributed by atoms with E-state index in [-0.39, 0.29) is 65.3 Å². The Morgan fingerprint density at radius 1 is 1.24 bits per heavy atom. The third-order valence-corrected chi connectivity index (χ3v) is 8.66. The molecule has 1 aromatic rings. The van der Waals surface area contributed by atoms with Gasteiger partial charge in [-0.05, 0) is 51.7 Å². The van der Waals surface area contributed by atoms with Gasteiger partial charge in [0.1, 0.15) is 0 Å². The summed E-state index contributed by atoms with van der Waals surface area (Å²) in [5.41, 5.74) is 9.56. The topological polar surface area (TPSA) is 143 Å². The normalized spacial score (nSPS) is 29.4. The molecule has 38 heavy (non-hydrogen) atoms. The van der Waals surface area contributed by atoms with Crippen LogP contribution in [0.5, 0.6) is 11.5 Å². The first kappa shape index (κ1) is 26.4. The Morgan fingerprint density at radius 2 is 1.95 bits per heavy atom. The number of carbonyl (C=O) groups excluding carboxylic acids is 3. The molecule has 1 amide bonds. The fourth-order valence-electron chi connectivity index (χ4n) is 6.89. The highest BCUT2D eigenvalue weighted by Crippen LogP contribution is 2.50. The number of Topliss-reactive ketones (excluding diaryl/α,β-unsaturated/α-hetero) is 2. The third-order valence-electron chi connectivity index (χ3n) is 8.66. The molecule has 1 fully saturated rings. The van der Waals surface area contributed by atoms with Crippen LogP contribution >= 0.6 is 0 Å². The minimum atomic E-state index is -0.720. The highest BCUT2D eigenvalue weighted by Gasteiger charge is 2.54. The number of benzene rings is 1. The number of allylic oxidation sites excluding steroid dienone is 2. The molecule has 0 spiro atoms. The van der Waals surface area contributed by atoms with E-state index < -0.39 is 12.1 Å². The van der Waals surface area contributed by atoms with Crippen LogP contribution in [-0.2, 0) is 25.5 Å². The standard InChI is InChI=1S/C28H36N4O6/c1-11-7-15-8-17-14(4)32-18(22(31-17)20(15)24(34)26(11)37-5)9-16-21(19(32)10-30-28(36)13(3)29)25(35)27(38-6)12(2)23(16)33/h7,13-14,17-19,22,31,34H,8-10,29H2,1-6H3,(H,30,36). The summed E-state index contributed by atoms with van der Waals surface area (Å²) in [6, 6.07) is 0.188. The number of amides is 1. The summed E-state index contributed by atoms with van der Waals surface area (Å²) in [6.07, 6.45) is 0.990. The van der Waals surface area contributed by atoms with Gasteiger partial charge in [0.15, 0.2) is 23.0 Å². The minimum Gasteiger partial charge on any atom is -0.504 e. The number of hydrogen-bond donors (Lipinski definition) is 4. The molecular weight excluding hydrogens is 488 g/mol. The van der Waals surface area contributed by atoms with Gasteiger partial charge in [-0.2, -0.15) is 0 Å². The lowest BCUT2D eigenvalue weighted by molar-refractivity contribution is -0.123. The van der Waals surface area contributed by atoms with Crippen molar-refractivity contribution in [3.63, 3.8) is 0 Å². The maximum absolute atomic E-state index is 13.7. The number of nitrogens with two attached hydrogens (primary N) is 1. The molecule has 10 nitrogen and oxygen atoms in total. The van der Waals surface area contributed by atoms with Crippen LogP contribution in [0.1, 0.15) is 49.9 Å². The molecule has 0 aromatic heterocycles. The van der Waals surface area contributed by atoms with Crippen LogP contribution in [0.4, 0.5) is 0 Å². The average molecular weight is 525 g/mol. The summed E-state index contributed by atoms with van der Waals surface area (Å²) in [5.74, 6) is -0.322. The fraction of sp³-hybridized carbons (Fsp3) is 0.536. The molecule has 10 heteroatoms. The molecule has 3 heterocycles. The number of hydrogen-bond acceptors (Lipinski definition) is 9. The van der Waals surface area contributed by atoms with E-state index in [9.17, 15) is 19.5 Å². The van der Waals surface area contributed by atoms with Crippen molar-refractivity contribution in [3.05, 3.63) is 45.2 Å². The lowest BCUT2D eigenvalue weighted by Gasteiger charge is -2.58. The number of nitrogens with zero attached hydrogens (tertiary/aromatic N) is 1. The van der Waals surface area contributed by atoms with Gasteiger partial charge in [-0.3, -0.25) is 19.3 Å². The molecule has 6 atom stereocenters. The number of aryl methyl sites for hydroxylation is 1. The number of fused-ring (bicyclic) bond motifs is 6.